The molecule has 1 fully saturated rings. The van der Waals surface area contributed by atoms with Crippen LogP contribution in [0.1, 0.15) is 30.4 Å². The summed E-state index contributed by atoms with van der Waals surface area (Å²) in [5.74, 6) is 2.00. The Morgan fingerprint density at radius 3 is 2.72 bits per heavy atom. The number of H-pyrrole nitrogens is 1. The molecule has 3 aromatic rings. The van der Waals surface area contributed by atoms with E-state index in [-0.39, 0.29) is 5.56 Å². The Bertz CT molecular complexity index is 872. The van der Waals surface area contributed by atoms with Gasteiger partial charge in [0.1, 0.15) is 5.76 Å². The van der Waals surface area contributed by atoms with Gasteiger partial charge in [0.05, 0.1) is 18.4 Å². The highest BCUT2D eigenvalue weighted by Gasteiger charge is 2.20. The van der Waals surface area contributed by atoms with E-state index in [1.165, 1.54) is 6.07 Å². The monoisotopic (exact) mass is 340 g/mol. The third-order valence-corrected chi connectivity index (χ3v) is 4.36. The minimum absolute atomic E-state index is 0.118. The van der Waals surface area contributed by atoms with Crippen LogP contribution in [-0.2, 0) is 11.3 Å². The SMILES string of the molecule is O=c1ccn(-c2ccc(NCc3cnc(C4CCOCC4)o3)cc2)[nH]1. The molecule has 0 bridgehead atoms. The quantitative estimate of drug-likeness (QED) is 0.746. The lowest BCUT2D eigenvalue weighted by Gasteiger charge is -2.18. The highest BCUT2D eigenvalue weighted by molar-refractivity contribution is 5.48. The smallest absolute Gasteiger partial charge is 0.264 e. The van der Waals surface area contributed by atoms with Gasteiger partial charge in [-0.15, -0.1) is 0 Å². The van der Waals surface area contributed by atoms with Crippen LogP contribution in [0.25, 0.3) is 5.69 Å². The fourth-order valence-corrected chi connectivity index (χ4v) is 2.95. The molecule has 7 heteroatoms. The van der Waals surface area contributed by atoms with Gasteiger partial charge in [0.2, 0.25) is 0 Å². The van der Waals surface area contributed by atoms with E-state index in [0.29, 0.717) is 12.5 Å². The van der Waals surface area contributed by atoms with Crippen LogP contribution in [0.5, 0.6) is 0 Å². The molecule has 0 saturated carbocycles. The number of hydrogen-bond donors (Lipinski definition) is 2. The van der Waals surface area contributed by atoms with Gasteiger partial charge in [-0.3, -0.25) is 14.6 Å². The minimum atomic E-state index is -0.118. The van der Waals surface area contributed by atoms with E-state index in [1.807, 2.05) is 24.3 Å². The molecule has 2 aromatic heterocycles. The van der Waals surface area contributed by atoms with Crippen molar-refractivity contribution in [3.05, 3.63) is 64.7 Å². The van der Waals surface area contributed by atoms with Gasteiger partial charge >= 0.3 is 0 Å². The van der Waals surface area contributed by atoms with Crippen molar-refractivity contribution in [3.63, 3.8) is 0 Å². The Labute approximate surface area is 144 Å². The van der Waals surface area contributed by atoms with E-state index in [2.05, 4.69) is 15.4 Å². The molecule has 1 aliphatic heterocycles. The Morgan fingerprint density at radius 2 is 2.00 bits per heavy atom. The zero-order valence-electron chi connectivity index (χ0n) is 13.8. The van der Waals surface area contributed by atoms with Crippen LogP contribution in [-0.4, -0.2) is 28.0 Å². The van der Waals surface area contributed by atoms with Gasteiger partial charge in [-0.25, -0.2) is 4.98 Å². The standard InChI is InChI=1S/C18H20N4O3/c23-17-5-8-22(21-17)15-3-1-14(2-4-15)19-11-16-12-20-18(25-16)13-6-9-24-10-7-13/h1-5,8,12-13,19H,6-7,9-11H2,(H,21,23). The summed E-state index contributed by atoms with van der Waals surface area (Å²) in [5, 5.41) is 6.03. The van der Waals surface area contributed by atoms with Crippen molar-refractivity contribution in [2.24, 2.45) is 0 Å². The average Bonchev–Trinajstić information content (AvgIpc) is 3.30. The number of ether oxygens (including phenoxy) is 1. The van der Waals surface area contributed by atoms with Crippen LogP contribution in [0.3, 0.4) is 0 Å². The molecule has 0 amide bonds. The lowest BCUT2D eigenvalue weighted by molar-refractivity contribution is 0.0792. The minimum Gasteiger partial charge on any atom is -0.444 e. The maximum atomic E-state index is 11.2. The van der Waals surface area contributed by atoms with Crippen molar-refractivity contribution in [2.75, 3.05) is 18.5 Å². The number of oxazole rings is 1. The Kier molecular flexibility index (Phi) is 4.39. The summed E-state index contributed by atoms with van der Waals surface area (Å²) in [4.78, 5) is 15.6. The Balaban J connectivity index is 1.36. The van der Waals surface area contributed by atoms with Crippen molar-refractivity contribution >= 4 is 5.69 Å². The lowest BCUT2D eigenvalue weighted by Crippen LogP contribution is -2.14. The van der Waals surface area contributed by atoms with E-state index < -0.39 is 0 Å². The van der Waals surface area contributed by atoms with Crippen molar-refractivity contribution in [1.29, 1.82) is 0 Å². The first-order valence-electron chi connectivity index (χ1n) is 8.42. The van der Waals surface area contributed by atoms with Crippen LogP contribution in [0.15, 0.2) is 51.9 Å². The van der Waals surface area contributed by atoms with E-state index in [4.69, 9.17) is 9.15 Å². The van der Waals surface area contributed by atoms with Crippen LogP contribution < -0.4 is 10.9 Å². The normalized spacial score (nSPS) is 15.4. The number of nitrogens with zero attached hydrogens (tertiary/aromatic N) is 2. The van der Waals surface area contributed by atoms with E-state index in [9.17, 15) is 4.79 Å². The van der Waals surface area contributed by atoms with Gasteiger partial charge in [-0.1, -0.05) is 0 Å². The molecule has 1 saturated heterocycles. The largest absolute Gasteiger partial charge is 0.444 e. The third kappa shape index (κ3) is 3.66. The molecule has 130 valence electrons. The van der Waals surface area contributed by atoms with E-state index in [0.717, 1.165) is 49.1 Å². The molecule has 25 heavy (non-hydrogen) atoms. The molecule has 4 rings (SSSR count). The van der Waals surface area contributed by atoms with Gasteiger partial charge in [0, 0.05) is 37.1 Å². The van der Waals surface area contributed by atoms with Gasteiger partial charge in [0.25, 0.3) is 5.56 Å². The maximum absolute atomic E-state index is 11.2. The summed E-state index contributed by atoms with van der Waals surface area (Å²) >= 11 is 0. The lowest BCUT2D eigenvalue weighted by atomic mass is 10.0. The molecule has 0 aliphatic carbocycles. The Hall–Kier alpha value is -2.80. The second kappa shape index (κ2) is 6.98. The molecule has 0 unspecified atom stereocenters. The molecule has 3 heterocycles. The highest BCUT2D eigenvalue weighted by Crippen LogP contribution is 2.26. The molecule has 1 aliphatic rings. The first-order chi connectivity index (χ1) is 12.3. The molecular formula is C18H20N4O3. The maximum Gasteiger partial charge on any atom is 0.264 e. The number of aromatic nitrogens is 3. The molecular weight excluding hydrogens is 320 g/mol. The second-order valence-corrected chi connectivity index (χ2v) is 6.11. The summed E-state index contributed by atoms with van der Waals surface area (Å²) in [6, 6.07) is 9.29. The molecule has 0 radical (unpaired) electrons. The summed E-state index contributed by atoms with van der Waals surface area (Å²) in [7, 11) is 0. The first kappa shape index (κ1) is 15.7. The predicted molar refractivity (Wildman–Crippen MR) is 93.0 cm³/mol. The third-order valence-electron chi connectivity index (χ3n) is 4.36. The van der Waals surface area contributed by atoms with Crippen molar-refractivity contribution in [3.8, 4) is 5.69 Å². The molecule has 0 spiro atoms. The topological polar surface area (TPSA) is 85.1 Å². The van der Waals surface area contributed by atoms with Crippen molar-refractivity contribution in [2.45, 2.75) is 25.3 Å². The van der Waals surface area contributed by atoms with Crippen LogP contribution in [0, 0.1) is 0 Å². The van der Waals surface area contributed by atoms with E-state index in [1.54, 1.807) is 17.1 Å². The Morgan fingerprint density at radius 1 is 1.20 bits per heavy atom. The number of nitrogens with one attached hydrogen (secondary N) is 2. The first-order valence-corrected chi connectivity index (χ1v) is 8.42. The number of benzene rings is 1. The molecule has 2 N–H and O–H groups in total. The number of rotatable bonds is 5. The van der Waals surface area contributed by atoms with Gasteiger partial charge in [-0.05, 0) is 37.1 Å². The zero-order chi connectivity index (χ0) is 17.1. The summed E-state index contributed by atoms with van der Waals surface area (Å²) in [5.41, 5.74) is 1.75. The second-order valence-electron chi connectivity index (χ2n) is 6.11. The van der Waals surface area contributed by atoms with Crippen LogP contribution in [0.2, 0.25) is 0 Å². The fourth-order valence-electron chi connectivity index (χ4n) is 2.95. The predicted octanol–water partition coefficient (Wildman–Crippen LogP) is 2.66. The molecule has 7 nitrogen and oxygen atoms in total. The number of aromatic amines is 1. The van der Waals surface area contributed by atoms with Gasteiger partial charge in [-0.2, -0.15) is 0 Å². The van der Waals surface area contributed by atoms with Crippen molar-refractivity contribution in [1.82, 2.24) is 14.8 Å². The van der Waals surface area contributed by atoms with Crippen molar-refractivity contribution < 1.29 is 9.15 Å². The number of anilines is 1. The molecule has 0 atom stereocenters. The zero-order valence-corrected chi connectivity index (χ0v) is 13.8. The summed E-state index contributed by atoms with van der Waals surface area (Å²) in [6.45, 7) is 2.13. The van der Waals surface area contributed by atoms with E-state index >= 15 is 0 Å². The van der Waals surface area contributed by atoms with Crippen LogP contribution >= 0.6 is 0 Å². The van der Waals surface area contributed by atoms with Crippen LogP contribution in [0.4, 0.5) is 5.69 Å². The number of hydrogen-bond acceptors (Lipinski definition) is 5. The summed E-state index contributed by atoms with van der Waals surface area (Å²) < 4.78 is 12.9. The van der Waals surface area contributed by atoms with Gasteiger partial charge < -0.3 is 14.5 Å². The molecule has 1 aromatic carbocycles. The summed E-state index contributed by atoms with van der Waals surface area (Å²) in [6.07, 6.45) is 5.43. The highest BCUT2D eigenvalue weighted by atomic mass is 16.5. The average molecular weight is 340 g/mol. The van der Waals surface area contributed by atoms with Gasteiger partial charge in [0.15, 0.2) is 5.89 Å². The fraction of sp³-hybridized carbons (Fsp3) is 0.333.